The van der Waals surface area contributed by atoms with Crippen LogP contribution in [0.3, 0.4) is 0 Å². The highest BCUT2D eigenvalue weighted by Crippen LogP contribution is 2.56. The highest BCUT2D eigenvalue weighted by atomic mass is 16.6. The monoisotopic (exact) mass is 285 g/mol. The summed E-state index contributed by atoms with van der Waals surface area (Å²) in [6.45, 7) is 9.41. The fourth-order valence-electron chi connectivity index (χ4n) is 4.85. The Morgan fingerprint density at radius 2 is 2.10 bits per heavy atom. The molecule has 0 amide bonds. The Hall–Kier alpha value is -0.860. The van der Waals surface area contributed by atoms with Gasteiger partial charge in [-0.15, -0.1) is 0 Å². The van der Waals surface area contributed by atoms with Crippen molar-refractivity contribution >= 4 is 0 Å². The van der Waals surface area contributed by atoms with E-state index in [0.29, 0.717) is 18.1 Å². The largest absolute Gasteiger partial charge is 0.366 e. The van der Waals surface area contributed by atoms with Crippen LogP contribution in [0.4, 0.5) is 0 Å². The van der Waals surface area contributed by atoms with Gasteiger partial charge in [-0.3, -0.25) is 4.90 Å². The molecule has 3 aliphatic heterocycles. The summed E-state index contributed by atoms with van der Waals surface area (Å²) in [6.07, 6.45) is 4.17. The van der Waals surface area contributed by atoms with Crippen LogP contribution in [-0.2, 0) is 11.2 Å². The Morgan fingerprint density at radius 1 is 1.33 bits per heavy atom. The lowest BCUT2D eigenvalue weighted by atomic mass is 9.72. The van der Waals surface area contributed by atoms with Crippen LogP contribution < -0.4 is 0 Å². The number of rotatable bonds is 2. The van der Waals surface area contributed by atoms with Gasteiger partial charge in [-0.2, -0.15) is 0 Å². The number of hydrogen-bond acceptors (Lipinski definition) is 2. The summed E-state index contributed by atoms with van der Waals surface area (Å²) >= 11 is 0. The first-order valence-electron chi connectivity index (χ1n) is 8.60. The Morgan fingerprint density at radius 3 is 2.81 bits per heavy atom. The molecule has 1 aromatic rings. The van der Waals surface area contributed by atoms with Crippen molar-refractivity contribution in [3.8, 4) is 0 Å². The summed E-state index contributed by atoms with van der Waals surface area (Å²) < 4.78 is 6.20. The van der Waals surface area contributed by atoms with Crippen LogP contribution in [0.5, 0.6) is 0 Å². The molecule has 3 heterocycles. The zero-order valence-corrected chi connectivity index (χ0v) is 13.5. The molecule has 1 aromatic carbocycles. The summed E-state index contributed by atoms with van der Waals surface area (Å²) in [6, 6.07) is 9.63. The van der Waals surface area contributed by atoms with Gasteiger partial charge in [-0.25, -0.2) is 0 Å². The lowest BCUT2D eigenvalue weighted by molar-refractivity contribution is 0.0225. The summed E-state index contributed by atoms with van der Waals surface area (Å²) in [7, 11) is 0. The van der Waals surface area contributed by atoms with E-state index in [9.17, 15) is 0 Å². The van der Waals surface area contributed by atoms with Crippen LogP contribution in [0.2, 0.25) is 0 Å². The average molecular weight is 285 g/mol. The van der Waals surface area contributed by atoms with Gasteiger partial charge in [0.1, 0.15) is 5.60 Å². The molecule has 0 radical (unpaired) electrons. The highest BCUT2D eigenvalue weighted by Gasteiger charge is 2.62. The highest BCUT2D eigenvalue weighted by molar-refractivity contribution is 5.34. The maximum Gasteiger partial charge on any atom is 0.100 e. The first-order valence-corrected chi connectivity index (χ1v) is 8.60. The number of piperidine rings is 1. The SMILES string of the molecule is CC(C)C[C@@H]1CN2CCc3ccccc3[C@H]2C[C@@]12O[C@@H]2C. The summed E-state index contributed by atoms with van der Waals surface area (Å²) in [5, 5.41) is 0. The van der Waals surface area contributed by atoms with E-state index in [0.717, 1.165) is 5.92 Å². The number of nitrogens with zero attached hydrogens (tertiary/aromatic N) is 1. The molecule has 2 nitrogen and oxygen atoms in total. The van der Waals surface area contributed by atoms with Crippen molar-refractivity contribution in [2.45, 2.75) is 57.8 Å². The minimum Gasteiger partial charge on any atom is -0.366 e. The van der Waals surface area contributed by atoms with Crippen LogP contribution in [0.25, 0.3) is 0 Å². The standard InChI is InChI=1S/C19H27NO/c1-13(2)10-16-12-20-9-8-15-6-4-5-7-17(15)18(20)11-19(16)14(3)21-19/h4-7,13-14,16,18H,8-12H2,1-3H3/t14-,16-,18-,19+/m1/s1. The summed E-state index contributed by atoms with van der Waals surface area (Å²) in [5.41, 5.74) is 3.30. The molecule has 0 aromatic heterocycles. The number of fused-ring (bicyclic) bond motifs is 3. The molecule has 0 N–H and O–H groups in total. The van der Waals surface area contributed by atoms with E-state index in [1.807, 2.05) is 0 Å². The molecule has 4 atom stereocenters. The molecular formula is C19H27NO. The molecule has 0 aliphatic carbocycles. The van der Waals surface area contributed by atoms with Gasteiger partial charge in [0.15, 0.2) is 0 Å². The van der Waals surface area contributed by atoms with Crippen LogP contribution in [0.1, 0.15) is 50.8 Å². The van der Waals surface area contributed by atoms with Crippen molar-refractivity contribution in [3.63, 3.8) is 0 Å². The van der Waals surface area contributed by atoms with Gasteiger partial charge >= 0.3 is 0 Å². The quantitative estimate of drug-likeness (QED) is 0.768. The molecule has 2 fully saturated rings. The number of hydrogen-bond donors (Lipinski definition) is 0. The van der Waals surface area contributed by atoms with Crippen molar-refractivity contribution in [2.24, 2.45) is 11.8 Å². The maximum absolute atomic E-state index is 6.20. The zero-order valence-electron chi connectivity index (χ0n) is 13.5. The summed E-state index contributed by atoms with van der Waals surface area (Å²) in [5.74, 6) is 1.48. The molecule has 114 valence electrons. The third-order valence-corrected chi connectivity index (χ3v) is 5.96. The van der Waals surface area contributed by atoms with Gasteiger partial charge in [0.05, 0.1) is 6.10 Å². The number of benzene rings is 1. The Kier molecular flexibility index (Phi) is 3.16. The third-order valence-electron chi connectivity index (χ3n) is 5.96. The Labute approximate surface area is 128 Å². The first kappa shape index (κ1) is 13.8. The maximum atomic E-state index is 6.20. The van der Waals surface area contributed by atoms with E-state index in [1.54, 1.807) is 11.1 Å². The van der Waals surface area contributed by atoms with Crippen molar-refractivity contribution < 1.29 is 4.74 Å². The molecule has 2 saturated heterocycles. The van der Waals surface area contributed by atoms with Crippen molar-refractivity contribution in [2.75, 3.05) is 13.1 Å². The minimum atomic E-state index is 0.176. The van der Waals surface area contributed by atoms with Gasteiger partial charge in [0.2, 0.25) is 0 Å². The first-order chi connectivity index (χ1) is 10.1. The van der Waals surface area contributed by atoms with Crippen LogP contribution >= 0.6 is 0 Å². The van der Waals surface area contributed by atoms with E-state index in [4.69, 9.17) is 4.74 Å². The fraction of sp³-hybridized carbons (Fsp3) is 0.684. The van der Waals surface area contributed by atoms with Crippen LogP contribution in [0.15, 0.2) is 24.3 Å². The molecule has 4 rings (SSSR count). The van der Waals surface area contributed by atoms with Gasteiger partial charge in [-0.05, 0) is 43.2 Å². The van der Waals surface area contributed by atoms with Crippen LogP contribution in [-0.4, -0.2) is 29.7 Å². The Bertz CT molecular complexity index is 540. The van der Waals surface area contributed by atoms with E-state index in [2.05, 4.69) is 49.9 Å². The lowest BCUT2D eigenvalue weighted by Gasteiger charge is -2.47. The molecule has 0 bridgehead atoms. The van der Waals surface area contributed by atoms with Gasteiger partial charge in [-0.1, -0.05) is 38.1 Å². The second kappa shape index (κ2) is 4.82. The molecule has 21 heavy (non-hydrogen) atoms. The van der Waals surface area contributed by atoms with E-state index >= 15 is 0 Å². The second-order valence-corrected chi connectivity index (χ2v) is 7.71. The van der Waals surface area contributed by atoms with E-state index in [1.165, 1.54) is 32.4 Å². The molecule has 0 saturated carbocycles. The minimum absolute atomic E-state index is 0.176. The van der Waals surface area contributed by atoms with Crippen molar-refractivity contribution in [3.05, 3.63) is 35.4 Å². The Balaban J connectivity index is 1.64. The predicted molar refractivity (Wildman–Crippen MR) is 85.3 cm³/mol. The predicted octanol–water partition coefficient (Wildman–Crippen LogP) is 3.81. The molecule has 0 unspecified atom stereocenters. The number of epoxide rings is 1. The zero-order chi connectivity index (χ0) is 14.6. The van der Waals surface area contributed by atoms with Gasteiger partial charge in [0, 0.05) is 25.0 Å². The summed E-state index contributed by atoms with van der Waals surface area (Å²) in [4.78, 5) is 2.73. The topological polar surface area (TPSA) is 15.8 Å². The van der Waals surface area contributed by atoms with Crippen LogP contribution in [0, 0.1) is 11.8 Å². The smallest absolute Gasteiger partial charge is 0.100 e. The molecule has 2 heteroatoms. The molecule has 1 spiro atoms. The van der Waals surface area contributed by atoms with Gasteiger partial charge in [0.25, 0.3) is 0 Å². The normalized spacial score (nSPS) is 38.4. The lowest BCUT2D eigenvalue weighted by Crippen LogP contribution is -2.50. The molecule has 3 aliphatic rings. The fourth-order valence-corrected chi connectivity index (χ4v) is 4.85. The van der Waals surface area contributed by atoms with Gasteiger partial charge < -0.3 is 4.74 Å². The molecular weight excluding hydrogens is 258 g/mol. The van der Waals surface area contributed by atoms with Crippen molar-refractivity contribution in [1.29, 1.82) is 0 Å². The third kappa shape index (κ3) is 2.15. The van der Waals surface area contributed by atoms with E-state index in [-0.39, 0.29) is 5.60 Å². The van der Waals surface area contributed by atoms with E-state index < -0.39 is 0 Å². The van der Waals surface area contributed by atoms with Crippen molar-refractivity contribution in [1.82, 2.24) is 4.90 Å². The average Bonchev–Trinajstić information content (AvgIpc) is 3.10. The second-order valence-electron chi connectivity index (χ2n) is 7.71. The number of ether oxygens (including phenoxy) is 1.